The lowest BCUT2D eigenvalue weighted by Gasteiger charge is -2.49. The number of nitrogens with zero attached hydrogens (tertiary/aromatic N) is 1. The Hall–Kier alpha value is -1.39. The fraction of sp³-hybridized carbons (Fsp3) is 0.696. The molecule has 1 aliphatic heterocycles. The molecule has 1 aromatic rings. The molecule has 0 spiro atoms. The minimum absolute atomic E-state index is 0.0130. The summed E-state index contributed by atoms with van der Waals surface area (Å²) in [6, 6.07) is 10.1. The van der Waals surface area contributed by atoms with Crippen LogP contribution in [-0.2, 0) is 4.79 Å². The molecule has 1 heterocycles. The van der Waals surface area contributed by atoms with Crippen molar-refractivity contribution in [2.45, 2.75) is 77.0 Å². The third-order valence-corrected chi connectivity index (χ3v) is 6.44. The molecule has 1 saturated heterocycles. The van der Waals surface area contributed by atoms with Gasteiger partial charge in [0.1, 0.15) is 0 Å². The quantitative estimate of drug-likeness (QED) is 0.796. The van der Waals surface area contributed by atoms with Gasteiger partial charge in [0.25, 0.3) is 0 Å². The molecule has 0 bridgehead atoms. The number of piperidine rings is 1. The molecule has 1 aromatic carbocycles. The van der Waals surface area contributed by atoms with Gasteiger partial charge in [-0.15, -0.1) is 0 Å². The third kappa shape index (κ3) is 4.91. The second-order valence-electron chi connectivity index (χ2n) is 9.15. The average Bonchev–Trinajstić information content (AvgIpc) is 3.17. The van der Waals surface area contributed by atoms with Crippen molar-refractivity contribution in [2.75, 3.05) is 13.1 Å². The second-order valence-corrected chi connectivity index (χ2v) is 9.15. The molecule has 4 nitrogen and oxygen atoms in total. The fourth-order valence-electron chi connectivity index (χ4n) is 4.64. The summed E-state index contributed by atoms with van der Waals surface area (Å²) in [6.45, 7) is 8.23. The van der Waals surface area contributed by atoms with Crippen molar-refractivity contribution < 1.29 is 9.90 Å². The topological polar surface area (TPSA) is 52.6 Å². The predicted molar refractivity (Wildman–Crippen MR) is 109 cm³/mol. The van der Waals surface area contributed by atoms with Crippen LogP contribution in [0.4, 0.5) is 0 Å². The fourth-order valence-corrected chi connectivity index (χ4v) is 4.64. The molecule has 0 aromatic heterocycles. The molecule has 2 aliphatic rings. The lowest BCUT2D eigenvalue weighted by Crippen LogP contribution is -2.63. The van der Waals surface area contributed by atoms with Crippen molar-refractivity contribution in [3.05, 3.63) is 35.9 Å². The number of amides is 1. The molecule has 2 N–H and O–H groups in total. The lowest BCUT2D eigenvalue weighted by atomic mass is 9.79. The van der Waals surface area contributed by atoms with Crippen LogP contribution in [0.3, 0.4) is 0 Å². The zero-order chi connectivity index (χ0) is 19.4. The Morgan fingerprint density at radius 3 is 2.56 bits per heavy atom. The Bertz CT molecular complexity index is 606. The maximum atomic E-state index is 12.9. The van der Waals surface area contributed by atoms with E-state index in [2.05, 4.69) is 48.3 Å². The van der Waals surface area contributed by atoms with E-state index < -0.39 is 5.60 Å². The van der Waals surface area contributed by atoms with Crippen LogP contribution in [0.2, 0.25) is 0 Å². The number of benzene rings is 1. The van der Waals surface area contributed by atoms with E-state index in [0.717, 1.165) is 45.2 Å². The predicted octanol–water partition coefficient (Wildman–Crippen LogP) is 3.91. The van der Waals surface area contributed by atoms with E-state index in [0.29, 0.717) is 12.3 Å². The van der Waals surface area contributed by atoms with Crippen molar-refractivity contribution in [2.24, 2.45) is 11.8 Å². The molecule has 0 radical (unpaired) electrons. The molecule has 0 unspecified atom stereocenters. The highest BCUT2D eigenvalue weighted by Gasteiger charge is 2.46. The Balaban J connectivity index is 1.86. The van der Waals surface area contributed by atoms with Crippen molar-refractivity contribution in [3.63, 3.8) is 0 Å². The molecule has 1 aliphatic carbocycles. The molecule has 2 fully saturated rings. The van der Waals surface area contributed by atoms with Gasteiger partial charge in [0.05, 0.1) is 17.7 Å². The van der Waals surface area contributed by atoms with Crippen molar-refractivity contribution in [3.8, 4) is 0 Å². The van der Waals surface area contributed by atoms with Gasteiger partial charge in [0.15, 0.2) is 0 Å². The van der Waals surface area contributed by atoms with Gasteiger partial charge in [-0.2, -0.15) is 0 Å². The first-order valence-corrected chi connectivity index (χ1v) is 10.7. The Morgan fingerprint density at radius 2 is 1.93 bits per heavy atom. The van der Waals surface area contributed by atoms with E-state index in [-0.39, 0.29) is 23.9 Å². The number of carbonyl (C=O) groups is 1. The molecular formula is C23H36N2O2. The van der Waals surface area contributed by atoms with E-state index >= 15 is 0 Å². The van der Waals surface area contributed by atoms with Crippen LogP contribution in [0.5, 0.6) is 0 Å². The normalized spacial score (nSPS) is 30.0. The summed E-state index contributed by atoms with van der Waals surface area (Å²) in [4.78, 5) is 15.4. The number of nitrogens with one attached hydrogen (secondary N) is 1. The van der Waals surface area contributed by atoms with E-state index in [4.69, 9.17) is 0 Å². The van der Waals surface area contributed by atoms with E-state index in [9.17, 15) is 9.90 Å². The first kappa shape index (κ1) is 20.3. The smallest absolute Gasteiger partial charge is 0.223 e. The Kier molecular flexibility index (Phi) is 6.59. The number of aliphatic hydroxyl groups is 1. The maximum Gasteiger partial charge on any atom is 0.223 e. The Morgan fingerprint density at radius 1 is 1.26 bits per heavy atom. The van der Waals surface area contributed by atoms with Crippen molar-refractivity contribution in [1.29, 1.82) is 0 Å². The monoisotopic (exact) mass is 372 g/mol. The first-order chi connectivity index (χ1) is 12.9. The molecule has 1 amide bonds. The summed E-state index contributed by atoms with van der Waals surface area (Å²) in [6.07, 6.45) is 6.05. The SMILES string of the molecule is CC(C)CCN1CC[C@@](C)(O)[C@@H](NC(=O)C2CCCC2)[C@@H]1c1ccccc1. The van der Waals surface area contributed by atoms with Crippen LogP contribution in [0.15, 0.2) is 30.3 Å². The number of rotatable bonds is 6. The minimum atomic E-state index is -0.900. The highest BCUT2D eigenvalue weighted by Crippen LogP contribution is 2.38. The summed E-state index contributed by atoms with van der Waals surface area (Å²) in [5.41, 5.74) is 0.279. The number of likely N-dealkylation sites (tertiary alicyclic amines) is 1. The van der Waals surface area contributed by atoms with Crippen LogP contribution in [0.1, 0.15) is 70.9 Å². The molecule has 27 heavy (non-hydrogen) atoms. The molecule has 4 heteroatoms. The van der Waals surface area contributed by atoms with Gasteiger partial charge in [0, 0.05) is 12.5 Å². The van der Waals surface area contributed by atoms with Gasteiger partial charge in [-0.05, 0) is 50.6 Å². The number of hydrogen-bond donors (Lipinski definition) is 2. The zero-order valence-electron chi connectivity index (χ0n) is 17.2. The summed E-state index contributed by atoms with van der Waals surface area (Å²) in [5, 5.41) is 14.5. The van der Waals surface area contributed by atoms with Crippen LogP contribution >= 0.6 is 0 Å². The van der Waals surface area contributed by atoms with E-state index in [1.807, 2.05) is 13.0 Å². The summed E-state index contributed by atoms with van der Waals surface area (Å²) < 4.78 is 0. The summed E-state index contributed by atoms with van der Waals surface area (Å²) >= 11 is 0. The standard InChI is InChI=1S/C23H36N2O2/c1-17(2)13-15-25-16-14-23(3,27)21(20(25)18-9-5-4-6-10-18)24-22(26)19-11-7-8-12-19/h4-6,9-10,17,19-21,27H,7-8,11-16H2,1-3H3,(H,24,26)/t20-,21-,23+/m0/s1. The largest absolute Gasteiger partial charge is 0.388 e. The number of carbonyl (C=O) groups excluding carboxylic acids is 1. The Labute approximate surface area is 164 Å². The molecular weight excluding hydrogens is 336 g/mol. The summed E-state index contributed by atoms with van der Waals surface area (Å²) in [7, 11) is 0. The van der Waals surface area contributed by atoms with Gasteiger partial charge >= 0.3 is 0 Å². The second kappa shape index (κ2) is 8.74. The van der Waals surface area contributed by atoms with Gasteiger partial charge in [0.2, 0.25) is 5.91 Å². The van der Waals surface area contributed by atoms with E-state index in [1.54, 1.807) is 0 Å². The highest BCUT2D eigenvalue weighted by molar-refractivity contribution is 5.79. The van der Waals surface area contributed by atoms with Crippen LogP contribution in [0.25, 0.3) is 0 Å². The summed E-state index contributed by atoms with van der Waals surface area (Å²) in [5.74, 6) is 0.878. The zero-order valence-corrected chi connectivity index (χ0v) is 17.2. The number of hydrogen-bond acceptors (Lipinski definition) is 3. The first-order valence-electron chi connectivity index (χ1n) is 10.7. The average molecular weight is 373 g/mol. The maximum absolute atomic E-state index is 12.9. The minimum Gasteiger partial charge on any atom is -0.388 e. The van der Waals surface area contributed by atoms with Crippen LogP contribution in [-0.4, -0.2) is 40.6 Å². The molecule has 1 saturated carbocycles. The van der Waals surface area contributed by atoms with Gasteiger partial charge in [-0.3, -0.25) is 9.69 Å². The van der Waals surface area contributed by atoms with E-state index in [1.165, 1.54) is 5.56 Å². The van der Waals surface area contributed by atoms with Gasteiger partial charge in [-0.1, -0.05) is 57.0 Å². The van der Waals surface area contributed by atoms with Crippen molar-refractivity contribution >= 4 is 5.91 Å². The third-order valence-electron chi connectivity index (χ3n) is 6.44. The van der Waals surface area contributed by atoms with Gasteiger partial charge < -0.3 is 10.4 Å². The highest BCUT2D eigenvalue weighted by atomic mass is 16.3. The lowest BCUT2D eigenvalue weighted by molar-refractivity contribution is -0.132. The van der Waals surface area contributed by atoms with Gasteiger partial charge in [-0.25, -0.2) is 0 Å². The van der Waals surface area contributed by atoms with Crippen LogP contribution < -0.4 is 5.32 Å². The van der Waals surface area contributed by atoms with Crippen LogP contribution in [0, 0.1) is 11.8 Å². The molecule has 3 rings (SSSR count). The van der Waals surface area contributed by atoms with Crippen molar-refractivity contribution in [1.82, 2.24) is 10.2 Å². The molecule has 150 valence electrons. The molecule has 3 atom stereocenters.